The van der Waals surface area contributed by atoms with Crippen molar-refractivity contribution < 1.29 is 0 Å². The standard InChI is InChI=1S/C13H18N4/c1-13(2,3)8-17-9-16-7-12(17)10-6-15-5-4-11(10)14/h4-7,9H,8H2,1-3H3,(H2,14,15). The van der Waals surface area contributed by atoms with Crippen molar-refractivity contribution in [1.82, 2.24) is 14.5 Å². The first-order valence-electron chi connectivity index (χ1n) is 5.67. The highest BCUT2D eigenvalue weighted by Crippen LogP contribution is 2.26. The van der Waals surface area contributed by atoms with E-state index in [0.29, 0.717) is 0 Å². The predicted octanol–water partition coefficient (Wildman–Crippen LogP) is 2.57. The van der Waals surface area contributed by atoms with Crippen LogP contribution in [0.25, 0.3) is 11.3 Å². The van der Waals surface area contributed by atoms with Gasteiger partial charge in [-0.1, -0.05) is 20.8 Å². The highest BCUT2D eigenvalue weighted by molar-refractivity contribution is 5.72. The molecular formula is C13H18N4. The monoisotopic (exact) mass is 230 g/mol. The van der Waals surface area contributed by atoms with E-state index in [0.717, 1.165) is 23.5 Å². The van der Waals surface area contributed by atoms with Gasteiger partial charge in [0.15, 0.2) is 0 Å². The first-order chi connectivity index (χ1) is 7.97. The molecule has 4 nitrogen and oxygen atoms in total. The van der Waals surface area contributed by atoms with Crippen molar-refractivity contribution >= 4 is 5.69 Å². The van der Waals surface area contributed by atoms with Gasteiger partial charge in [0, 0.05) is 30.2 Å². The molecule has 4 heteroatoms. The van der Waals surface area contributed by atoms with Gasteiger partial charge in [0.2, 0.25) is 0 Å². The summed E-state index contributed by atoms with van der Waals surface area (Å²) >= 11 is 0. The third-order valence-corrected chi connectivity index (χ3v) is 2.49. The van der Waals surface area contributed by atoms with E-state index >= 15 is 0 Å². The zero-order valence-corrected chi connectivity index (χ0v) is 10.5. The summed E-state index contributed by atoms with van der Waals surface area (Å²) in [5.74, 6) is 0. The van der Waals surface area contributed by atoms with Crippen molar-refractivity contribution in [3.05, 3.63) is 31.0 Å². The van der Waals surface area contributed by atoms with Crippen molar-refractivity contribution in [3.8, 4) is 11.3 Å². The van der Waals surface area contributed by atoms with Crippen molar-refractivity contribution in [2.75, 3.05) is 5.73 Å². The van der Waals surface area contributed by atoms with Crippen LogP contribution in [0, 0.1) is 5.41 Å². The molecule has 2 aromatic rings. The summed E-state index contributed by atoms with van der Waals surface area (Å²) in [5, 5.41) is 0. The molecule has 2 N–H and O–H groups in total. The van der Waals surface area contributed by atoms with E-state index in [1.165, 1.54) is 0 Å². The topological polar surface area (TPSA) is 56.7 Å². The Morgan fingerprint density at radius 2 is 2.00 bits per heavy atom. The lowest BCUT2D eigenvalue weighted by molar-refractivity contribution is 0.345. The van der Waals surface area contributed by atoms with E-state index in [1.54, 1.807) is 12.4 Å². The third-order valence-electron chi connectivity index (χ3n) is 2.49. The second kappa shape index (κ2) is 4.20. The molecule has 0 unspecified atom stereocenters. The second-order valence-corrected chi connectivity index (χ2v) is 5.43. The zero-order valence-electron chi connectivity index (χ0n) is 10.5. The molecule has 0 spiro atoms. The highest BCUT2D eigenvalue weighted by Gasteiger charge is 2.15. The molecule has 2 rings (SSSR count). The molecule has 90 valence electrons. The van der Waals surface area contributed by atoms with Crippen molar-refractivity contribution in [2.24, 2.45) is 5.41 Å². The highest BCUT2D eigenvalue weighted by atomic mass is 15.1. The van der Waals surface area contributed by atoms with Gasteiger partial charge in [-0.05, 0) is 11.5 Å². The maximum absolute atomic E-state index is 5.96. The van der Waals surface area contributed by atoms with Gasteiger partial charge in [-0.3, -0.25) is 4.98 Å². The normalized spacial score (nSPS) is 11.7. The summed E-state index contributed by atoms with van der Waals surface area (Å²) in [6.07, 6.45) is 7.15. The number of hydrogen-bond donors (Lipinski definition) is 1. The molecule has 0 radical (unpaired) electrons. The summed E-state index contributed by atoms with van der Waals surface area (Å²) in [6, 6.07) is 1.81. The van der Waals surface area contributed by atoms with Crippen LogP contribution >= 0.6 is 0 Å². The lowest BCUT2D eigenvalue weighted by Gasteiger charge is -2.20. The molecule has 0 saturated carbocycles. The number of pyridine rings is 1. The van der Waals surface area contributed by atoms with Crippen LogP contribution in [0.5, 0.6) is 0 Å². The Hall–Kier alpha value is -1.84. The Morgan fingerprint density at radius 1 is 1.24 bits per heavy atom. The van der Waals surface area contributed by atoms with Crippen molar-refractivity contribution in [1.29, 1.82) is 0 Å². The van der Waals surface area contributed by atoms with Gasteiger partial charge in [0.05, 0.1) is 18.2 Å². The van der Waals surface area contributed by atoms with Gasteiger partial charge in [0.1, 0.15) is 0 Å². The van der Waals surface area contributed by atoms with E-state index in [-0.39, 0.29) is 5.41 Å². The van der Waals surface area contributed by atoms with Crippen LogP contribution in [0.3, 0.4) is 0 Å². The van der Waals surface area contributed by atoms with Crippen LogP contribution in [0.1, 0.15) is 20.8 Å². The fraction of sp³-hybridized carbons (Fsp3) is 0.385. The van der Waals surface area contributed by atoms with Crippen LogP contribution in [-0.2, 0) is 6.54 Å². The van der Waals surface area contributed by atoms with Crippen molar-refractivity contribution in [2.45, 2.75) is 27.3 Å². The molecule has 0 fully saturated rings. The number of anilines is 1. The molecule has 17 heavy (non-hydrogen) atoms. The molecule has 2 heterocycles. The van der Waals surface area contributed by atoms with E-state index < -0.39 is 0 Å². The van der Waals surface area contributed by atoms with E-state index in [1.807, 2.05) is 18.6 Å². The Morgan fingerprint density at radius 3 is 2.65 bits per heavy atom. The fourth-order valence-corrected chi connectivity index (χ4v) is 1.80. The average molecular weight is 230 g/mol. The molecule has 0 aromatic carbocycles. The maximum Gasteiger partial charge on any atom is 0.0951 e. The second-order valence-electron chi connectivity index (χ2n) is 5.43. The summed E-state index contributed by atoms with van der Waals surface area (Å²) in [4.78, 5) is 8.32. The SMILES string of the molecule is CC(C)(C)Cn1cncc1-c1cnccc1N. The van der Waals surface area contributed by atoms with Crippen LogP contribution in [-0.4, -0.2) is 14.5 Å². The summed E-state index contributed by atoms with van der Waals surface area (Å²) in [6.45, 7) is 7.49. The lowest BCUT2D eigenvalue weighted by atomic mass is 9.96. The number of hydrogen-bond acceptors (Lipinski definition) is 3. The van der Waals surface area contributed by atoms with E-state index in [4.69, 9.17) is 5.73 Å². The van der Waals surface area contributed by atoms with Crippen molar-refractivity contribution in [3.63, 3.8) is 0 Å². The molecule has 0 atom stereocenters. The van der Waals surface area contributed by atoms with Gasteiger partial charge in [-0.25, -0.2) is 4.98 Å². The first-order valence-corrected chi connectivity index (χ1v) is 5.67. The summed E-state index contributed by atoms with van der Waals surface area (Å²) < 4.78 is 2.12. The van der Waals surface area contributed by atoms with Gasteiger partial charge >= 0.3 is 0 Å². The lowest BCUT2D eigenvalue weighted by Crippen LogP contribution is -2.15. The van der Waals surface area contributed by atoms with Gasteiger partial charge in [-0.15, -0.1) is 0 Å². The number of imidazole rings is 1. The zero-order chi connectivity index (χ0) is 12.5. The minimum absolute atomic E-state index is 0.201. The Balaban J connectivity index is 2.41. The van der Waals surface area contributed by atoms with Gasteiger partial charge in [-0.2, -0.15) is 0 Å². The van der Waals surface area contributed by atoms with Crippen LogP contribution < -0.4 is 5.73 Å². The Bertz CT molecular complexity index is 508. The third kappa shape index (κ3) is 2.64. The fourth-order valence-electron chi connectivity index (χ4n) is 1.80. The molecule has 0 aliphatic rings. The average Bonchev–Trinajstić information content (AvgIpc) is 2.64. The number of nitrogen functional groups attached to an aromatic ring is 1. The molecule has 2 aromatic heterocycles. The van der Waals surface area contributed by atoms with Crippen LogP contribution in [0.15, 0.2) is 31.0 Å². The minimum Gasteiger partial charge on any atom is -0.398 e. The smallest absolute Gasteiger partial charge is 0.0951 e. The molecule has 0 amide bonds. The largest absolute Gasteiger partial charge is 0.398 e. The number of aromatic nitrogens is 3. The van der Waals surface area contributed by atoms with Gasteiger partial charge in [0.25, 0.3) is 0 Å². The number of rotatable bonds is 2. The van der Waals surface area contributed by atoms with Crippen LogP contribution in [0.2, 0.25) is 0 Å². The first kappa shape index (κ1) is 11.6. The Labute approximate surface area is 102 Å². The molecule has 0 bridgehead atoms. The Kier molecular flexibility index (Phi) is 2.88. The van der Waals surface area contributed by atoms with Crippen LogP contribution in [0.4, 0.5) is 5.69 Å². The maximum atomic E-state index is 5.96. The number of nitrogens with zero attached hydrogens (tertiary/aromatic N) is 3. The molecule has 0 aliphatic carbocycles. The number of nitrogens with two attached hydrogens (primary N) is 1. The van der Waals surface area contributed by atoms with E-state index in [2.05, 4.69) is 35.3 Å². The molecule has 0 aliphatic heterocycles. The summed E-state index contributed by atoms with van der Waals surface area (Å²) in [7, 11) is 0. The molecule has 0 saturated heterocycles. The molecular weight excluding hydrogens is 212 g/mol. The van der Waals surface area contributed by atoms with Gasteiger partial charge < -0.3 is 10.3 Å². The summed E-state index contributed by atoms with van der Waals surface area (Å²) in [5.41, 5.74) is 8.85. The predicted molar refractivity (Wildman–Crippen MR) is 69.3 cm³/mol. The quantitative estimate of drug-likeness (QED) is 0.862. The van der Waals surface area contributed by atoms with E-state index in [9.17, 15) is 0 Å². The minimum atomic E-state index is 0.201.